The van der Waals surface area contributed by atoms with E-state index in [9.17, 15) is 4.79 Å². The highest BCUT2D eigenvalue weighted by molar-refractivity contribution is 5.74. The lowest BCUT2D eigenvalue weighted by Gasteiger charge is -1.95. The van der Waals surface area contributed by atoms with Crippen LogP contribution in [0.5, 0.6) is 0 Å². The van der Waals surface area contributed by atoms with E-state index >= 15 is 0 Å². The lowest BCUT2D eigenvalue weighted by Crippen LogP contribution is -2.16. The van der Waals surface area contributed by atoms with Crippen molar-refractivity contribution in [2.45, 2.75) is 19.4 Å². The summed E-state index contributed by atoms with van der Waals surface area (Å²) in [5.41, 5.74) is 4.69. The number of carbonyl (C=O) groups is 1. The molecule has 0 aliphatic rings. The van der Waals surface area contributed by atoms with Gasteiger partial charge in [0, 0.05) is 0 Å². The van der Waals surface area contributed by atoms with E-state index < -0.39 is 12.0 Å². The first-order valence-corrected chi connectivity index (χ1v) is 2.09. The number of hydrogen-bond acceptors (Lipinski definition) is 2. The number of primary amides is 1. The van der Waals surface area contributed by atoms with E-state index in [0.717, 1.165) is 0 Å². The first-order valence-electron chi connectivity index (χ1n) is 2.09. The van der Waals surface area contributed by atoms with Crippen molar-refractivity contribution >= 4 is 5.91 Å². The maximum atomic E-state index is 9.87. The van der Waals surface area contributed by atoms with Crippen molar-refractivity contribution in [1.29, 1.82) is 0 Å². The molecule has 0 aromatic heterocycles. The van der Waals surface area contributed by atoms with Crippen molar-refractivity contribution in [3.63, 3.8) is 0 Å². The zero-order chi connectivity index (χ0) is 5.86. The summed E-state index contributed by atoms with van der Waals surface area (Å²) in [6.07, 6.45) is -0.544. The molecular formula is C4H9NO2. The molecule has 7 heavy (non-hydrogen) atoms. The molecule has 0 saturated carbocycles. The zero-order valence-electron chi connectivity index (χ0n) is 4.22. The number of carbonyl (C=O) groups excluding carboxylic acids is 1. The second-order valence-corrected chi connectivity index (χ2v) is 1.52. The number of aliphatic hydroxyl groups excluding tert-OH is 1. The van der Waals surface area contributed by atoms with Crippen LogP contribution in [0, 0.1) is 0 Å². The van der Waals surface area contributed by atoms with Gasteiger partial charge in [0.1, 0.15) is 0 Å². The van der Waals surface area contributed by atoms with Crippen LogP contribution in [0.3, 0.4) is 0 Å². The number of hydrogen-bond donors (Lipinski definition) is 2. The highest BCUT2D eigenvalue weighted by Crippen LogP contribution is 1.84. The molecular weight excluding hydrogens is 94.0 g/mol. The van der Waals surface area contributed by atoms with Crippen LogP contribution in [-0.4, -0.2) is 17.1 Å². The monoisotopic (exact) mass is 103 g/mol. The summed E-state index contributed by atoms with van der Waals surface area (Å²) in [5, 5.41) is 8.42. The van der Waals surface area contributed by atoms with Gasteiger partial charge in [-0.3, -0.25) is 4.79 Å². The van der Waals surface area contributed by atoms with Gasteiger partial charge in [0.25, 0.3) is 0 Å². The van der Waals surface area contributed by atoms with Crippen LogP contribution in [0.2, 0.25) is 0 Å². The normalized spacial score (nSPS) is 13.4. The largest absolute Gasteiger partial charge is 0.393 e. The fourth-order valence-electron chi connectivity index (χ4n) is 0.291. The molecule has 42 valence electrons. The maximum absolute atomic E-state index is 9.87. The van der Waals surface area contributed by atoms with Gasteiger partial charge in [-0.25, -0.2) is 0 Å². The first kappa shape index (κ1) is 6.43. The fourth-order valence-corrected chi connectivity index (χ4v) is 0.291. The van der Waals surface area contributed by atoms with Crippen molar-refractivity contribution in [1.82, 2.24) is 0 Å². The van der Waals surface area contributed by atoms with Gasteiger partial charge in [-0.2, -0.15) is 0 Å². The van der Waals surface area contributed by atoms with E-state index in [4.69, 9.17) is 10.8 Å². The molecule has 0 aliphatic heterocycles. The summed E-state index contributed by atoms with van der Waals surface area (Å²) >= 11 is 0. The molecule has 0 heterocycles. The van der Waals surface area contributed by atoms with Crippen molar-refractivity contribution < 1.29 is 9.90 Å². The number of rotatable bonds is 2. The van der Waals surface area contributed by atoms with E-state index in [2.05, 4.69) is 0 Å². The first-order chi connectivity index (χ1) is 3.13. The molecule has 1 unspecified atom stereocenters. The summed E-state index contributed by atoms with van der Waals surface area (Å²) in [5.74, 6) is -0.463. The summed E-state index contributed by atoms with van der Waals surface area (Å²) in [6.45, 7) is 1.52. The molecule has 0 rings (SSSR count). The standard InChI is InChI=1S/C4H9NO2/c1-3(6)2-4(5)7/h3,6H,2H2,1H3,(H2,5,7). The summed E-state index contributed by atoms with van der Waals surface area (Å²) < 4.78 is 0. The zero-order valence-corrected chi connectivity index (χ0v) is 4.22. The second-order valence-electron chi connectivity index (χ2n) is 1.52. The van der Waals surface area contributed by atoms with Gasteiger partial charge in [0.2, 0.25) is 5.91 Å². The molecule has 0 spiro atoms. The topological polar surface area (TPSA) is 63.3 Å². The molecule has 1 atom stereocenters. The van der Waals surface area contributed by atoms with E-state index in [0.29, 0.717) is 0 Å². The lowest BCUT2D eigenvalue weighted by molar-refractivity contribution is -0.119. The fraction of sp³-hybridized carbons (Fsp3) is 0.750. The van der Waals surface area contributed by atoms with Gasteiger partial charge in [-0.15, -0.1) is 0 Å². The SMILES string of the molecule is CC(O)CC(N)=O. The van der Waals surface area contributed by atoms with Crippen molar-refractivity contribution in [2.24, 2.45) is 5.73 Å². The quantitative estimate of drug-likeness (QED) is 0.482. The Morgan fingerprint density at radius 3 is 2.43 bits per heavy atom. The average Bonchev–Trinajstić information content (AvgIpc) is 1.27. The Balaban J connectivity index is 3.13. The van der Waals surface area contributed by atoms with Crippen LogP contribution in [-0.2, 0) is 4.79 Å². The van der Waals surface area contributed by atoms with Gasteiger partial charge >= 0.3 is 0 Å². The average molecular weight is 103 g/mol. The second kappa shape index (κ2) is 2.58. The van der Waals surface area contributed by atoms with Gasteiger partial charge in [-0.05, 0) is 6.92 Å². The molecule has 3 nitrogen and oxygen atoms in total. The Bertz CT molecular complexity index is 70.1. The molecule has 0 aromatic rings. The summed E-state index contributed by atoms with van der Waals surface area (Å²) in [7, 11) is 0. The Hall–Kier alpha value is -0.570. The minimum Gasteiger partial charge on any atom is -0.393 e. The van der Waals surface area contributed by atoms with Crippen LogP contribution in [0.4, 0.5) is 0 Å². The maximum Gasteiger partial charge on any atom is 0.220 e. The molecule has 0 saturated heterocycles. The number of amides is 1. The van der Waals surface area contributed by atoms with E-state index in [1.165, 1.54) is 6.92 Å². The van der Waals surface area contributed by atoms with E-state index in [1.807, 2.05) is 0 Å². The van der Waals surface area contributed by atoms with Crippen LogP contribution in [0.1, 0.15) is 13.3 Å². The number of nitrogens with two attached hydrogens (primary N) is 1. The molecule has 0 aliphatic carbocycles. The molecule has 0 bridgehead atoms. The third kappa shape index (κ3) is 5.43. The molecule has 0 aromatic carbocycles. The smallest absolute Gasteiger partial charge is 0.220 e. The summed E-state index contributed by atoms with van der Waals surface area (Å²) in [4.78, 5) is 9.87. The third-order valence-electron chi connectivity index (χ3n) is 0.497. The predicted molar refractivity (Wildman–Crippen MR) is 25.5 cm³/mol. The van der Waals surface area contributed by atoms with E-state index in [-0.39, 0.29) is 6.42 Å². The minimum atomic E-state index is -0.600. The number of aliphatic hydroxyl groups is 1. The molecule has 0 radical (unpaired) electrons. The molecule has 3 N–H and O–H groups in total. The van der Waals surface area contributed by atoms with Crippen LogP contribution in [0.15, 0.2) is 0 Å². The molecule has 1 amide bonds. The highest BCUT2D eigenvalue weighted by Gasteiger charge is 1.97. The van der Waals surface area contributed by atoms with Crippen LogP contribution < -0.4 is 5.73 Å². The Labute approximate surface area is 42.1 Å². The Kier molecular flexibility index (Phi) is 2.37. The van der Waals surface area contributed by atoms with Crippen LogP contribution in [0.25, 0.3) is 0 Å². The van der Waals surface area contributed by atoms with E-state index in [1.54, 1.807) is 0 Å². The minimum absolute atomic E-state index is 0.0556. The van der Waals surface area contributed by atoms with Gasteiger partial charge < -0.3 is 10.8 Å². The van der Waals surface area contributed by atoms with Gasteiger partial charge in [0.05, 0.1) is 12.5 Å². The van der Waals surface area contributed by atoms with Crippen LogP contribution >= 0.6 is 0 Å². The predicted octanol–water partition coefficient (Wildman–Crippen LogP) is -0.757. The van der Waals surface area contributed by atoms with Gasteiger partial charge in [-0.1, -0.05) is 0 Å². The Morgan fingerprint density at radius 1 is 2.00 bits per heavy atom. The van der Waals surface area contributed by atoms with Crippen molar-refractivity contribution in [2.75, 3.05) is 0 Å². The molecule has 0 fully saturated rings. The lowest BCUT2D eigenvalue weighted by atomic mass is 10.3. The highest BCUT2D eigenvalue weighted by atomic mass is 16.3. The van der Waals surface area contributed by atoms with Gasteiger partial charge in [0.15, 0.2) is 0 Å². The van der Waals surface area contributed by atoms with Crippen molar-refractivity contribution in [3.05, 3.63) is 0 Å². The Morgan fingerprint density at radius 2 is 2.43 bits per heavy atom. The van der Waals surface area contributed by atoms with Crippen molar-refractivity contribution in [3.8, 4) is 0 Å². The molecule has 3 heteroatoms. The summed E-state index contributed by atoms with van der Waals surface area (Å²) in [6, 6.07) is 0. The third-order valence-corrected chi connectivity index (χ3v) is 0.497.